The zero-order chi connectivity index (χ0) is 16.1. The highest BCUT2D eigenvalue weighted by Crippen LogP contribution is 2.20. The van der Waals surface area contributed by atoms with Crippen LogP contribution in [0.25, 0.3) is 0 Å². The first-order chi connectivity index (χ1) is 11.2. The van der Waals surface area contributed by atoms with E-state index in [1.165, 1.54) is 0 Å². The minimum Gasteiger partial charge on any atom is -0.355 e. The molecule has 0 saturated carbocycles. The van der Waals surface area contributed by atoms with E-state index in [4.69, 9.17) is 0 Å². The van der Waals surface area contributed by atoms with Crippen LogP contribution >= 0.6 is 0 Å². The summed E-state index contributed by atoms with van der Waals surface area (Å²) in [6, 6.07) is 7.70. The van der Waals surface area contributed by atoms with Gasteiger partial charge in [-0.15, -0.1) is 0 Å². The lowest BCUT2D eigenvalue weighted by Crippen LogP contribution is -2.39. The van der Waals surface area contributed by atoms with E-state index < -0.39 is 0 Å². The Balaban J connectivity index is 1.47. The monoisotopic (exact) mass is 310 g/mol. The topological polar surface area (TPSA) is 58.1 Å². The van der Waals surface area contributed by atoms with Crippen molar-refractivity contribution in [3.8, 4) is 0 Å². The van der Waals surface area contributed by atoms with Crippen molar-refractivity contribution in [2.24, 2.45) is 5.92 Å². The van der Waals surface area contributed by atoms with Gasteiger partial charge in [0.2, 0.25) is 0 Å². The van der Waals surface area contributed by atoms with Crippen molar-refractivity contribution in [2.75, 3.05) is 24.5 Å². The Morgan fingerprint density at radius 3 is 2.83 bits per heavy atom. The van der Waals surface area contributed by atoms with E-state index in [0.717, 1.165) is 49.4 Å². The summed E-state index contributed by atoms with van der Waals surface area (Å²) >= 11 is 0. The van der Waals surface area contributed by atoms with Crippen molar-refractivity contribution < 1.29 is 4.79 Å². The fourth-order valence-corrected chi connectivity index (χ4v) is 2.95. The highest BCUT2D eigenvalue weighted by molar-refractivity contribution is 5.94. The van der Waals surface area contributed by atoms with Gasteiger partial charge in [0.25, 0.3) is 5.91 Å². The highest BCUT2D eigenvalue weighted by Gasteiger charge is 2.20. The molecule has 1 amide bonds. The van der Waals surface area contributed by atoms with Crippen LogP contribution in [-0.2, 0) is 0 Å². The number of piperidine rings is 1. The Hall–Kier alpha value is -2.43. The summed E-state index contributed by atoms with van der Waals surface area (Å²) in [4.78, 5) is 22.9. The molecule has 1 aliphatic rings. The molecule has 0 aliphatic carbocycles. The van der Waals surface area contributed by atoms with Crippen molar-refractivity contribution in [2.45, 2.75) is 19.8 Å². The van der Waals surface area contributed by atoms with Gasteiger partial charge in [-0.3, -0.25) is 9.78 Å². The molecule has 120 valence electrons. The van der Waals surface area contributed by atoms with Crippen LogP contribution < -0.4 is 10.2 Å². The van der Waals surface area contributed by atoms with Crippen LogP contribution in [0.3, 0.4) is 0 Å². The Kier molecular flexibility index (Phi) is 4.86. The molecule has 2 aromatic rings. The van der Waals surface area contributed by atoms with Crippen molar-refractivity contribution in [3.63, 3.8) is 0 Å². The fraction of sp³-hybridized carbons (Fsp3) is 0.389. The van der Waals surface area contributed by atoms with Crippen molar-refractivity contribution in [1.82, 2.24) is 15.3 Å². The standard InChI is InChI=1S/C18H22N4O/c1-14-3-2-4-16(11-14)18(23)21-12-15-5-9-22(10-6-15)17-13-19-7-8-20-17/h2-4,7-8,11,13,15H,5-6,9-10,12H2,1H3,(H,21,23). The molecule has 5 heteroatoms. The summed E-state index contributed by atoms with van der Waals surface area (Å²) in [6.07, 6.45) is 7.34. The summed E-state index contributed by atoms with van der Waals surface area (Å²) in [7, 11) is 0. The van der Waals surface area contributed by atoms with Crippen LogP contribution in [0.15, 0.2) is 42.9 Å². The summed E-state index contributed by atoms with van der Waals surface area (Å²) in [5, 5.41) is 3.07. The zero-order valence-corrected chi connectivity index (χ0v) is 13.4. The number of benzene rings is 1. The molecule has 0 bridgehead atoms. The molecular formula is C18H22N4O. The number of nitrogens with zero attached hydrogens (tertiary/aromatic N) is 3. The second-order valence-corrected chi connectivity index (χ2v) is 6.07. The van der Waals surface area contributed by atoms with E-state index in [1.54, 1.807) is 18.6 Å². The Morgan fingerprint density at radius 2 is 2.13 bits per heavy atom. The van der Waals surface area contributed by atoms with Crippen molar-refractivity contribution in [3.05, 3.63) is 54.0 Å². The van der Waals surface area contributed by atoms with Crippen LogP contribution in [0.1, 0.15) is 28.8 Å². The molecule has 1 fully saturated rings. The fourth-order valence-electron chi connectivity index (χ4n) is 2.95. The third-order valence-corrected chi connectivity index (χ3v) is 4.32. The first-order valence-corrected chi connectivity index (χ1v) is 8.08. The molecule has 1 aromatic heterocycles. The molecule has 1 N–H and O–H groups in total. The minimum absolute atomic E-state index is 0.0186. The van der Waals surface area contributed by atoms with Crippen molar-refractivity contribution in [1.29, 1.82) is 0 Å². The second-order valence-electron chi connectivity index (χ2n) is 6.07. The van der Waals surface area contributed by atoms with E-state index in [1.807, 2.05) is 31.2 Å². The lowest BCUT2D eigenvalue weighted by atomic mass is 9.96. The number of carbonyl (C=O) groups is 1. The molecular weight excluding hydrogens is 288 g/mol. The number of rotatable bonds is 4. The van der Waals surface area contributed by atoms with E-state index in [9.17, 15) is 4.79 Å². The lowest BCUT2D eigenvalue weighted by molar-refractivity contribution is 0.0945. The van der Waals surface area contributed by atoms with E-state index in [0.29, 0.717) is 5.92 Å². The lowest BCUT2D eigenvalue weighted by Gasteiger charge is -2.32. The second kappa shape index (κ2) is 7.22. The van der Waals surface area contributed by atoms with Crippen LogP contribution in [0.4, 0.5) is 5.82 Å². The number of hydrogen-bond donors (Lipinski definition) is 1. The van der Waals surface area contributed by atoms with Gasteiger partial charge in [0.05, 0.1) is 6.20 Å². The summed E-state index contributed by atoms with van der Waals surface area (Å²) < 4.78 is 0. The van der Waals surface area contributed by atoms with Gasteiger partial charge in [-0.1, -0.05) is 17.7 Å². The third-order valence-electron chi connectivity index (χ3n) is 4.32. The van der Waals surface area contributed by atoms with Crippen LogP contribution in [0.2, 0.25) is 0 Å². The molecule has 0 atom stereocenters. The number of anilines is 1. The number of aromatic nitrogens is 2. The minimum atomic E-state index is 0.0186. The number of aryl methyl sites for hydroxylation is 1. The molecule has 2 heterocycles. The Bertz CT molecular complexity index is 651. The molecule has 0 unspecified atom stereocenters. The molecule has 1 aliphatic heterocycles. The van der Waals surface area contributed by atoms with Gasteiger partial charge in [0.15, 0.2) is 0 Å². The summed E-state index contributed by atoms with van der Waals surface area (Å²) in [6.45, 7) is 4.66. The van der Waals surface area contributed by atoms with E-state index in [2.05, 4.69) is 20.2 Å². The quantitative estimate of drug-likeness (QED) is 0.942. The van der Waals surface area contributed by atoms with E-state index >= 15 is 0 Å². The summed E-state index contributed by atoms with van der Waals surface area (Å²) in [5.74, 6) is 1.48. The smallest absolute Gasteiger partial charge is 0.251 e. The Labute approximate surface area is 136 Å². The number of nitrogens with one attached hydrogen (secondary N) is 1. The highest BCUT2D eigenvalue weighted by atomic mass is 16.1. The number of carbonyl (C=O) groups excluding carboxylic acids is 1. The number of hydrogen-bond acceptors (Lipinski definition) is 4. The summed E-state index contributed by atoms with van der Waals surface area (Å²) in [5.41, 5.74) is 1.84. The average Bonchev–Trinajstić information content (AvgIpc) is 2.61. The van der Waals surface area contributed by atoms with E-state index in [-0.39, 0.29) is 5.91 Å². The molecule has 1 aromatic carbocycles. The van der Waals surface area contributed by atoms with Gasteiger partial charge in [-0.2, -0.15) is 0 Å². The van der Waals surface area contributed by atoms with Crippen LogP contribution in [0, 0.1) is 12.8 Å². The van der Waals surface area contributed by atoms with Gasteiger partial charge >= 0.3 is 0 Å². The van der Waals surface area contributed by atoms with Gasteiger partial charge in [0.1, 0.15) is 5.82 Å². The maximum atomic E-state index is 12.2. The molecule has 5 nitrogen and oxygen atoms in total. The van der Waals surface area contributed by atoms with Crippen LogP contribution in [-0.4, -0.2) is 35.5 Å². The van der Waals surface area contributed by atoms with Gasteiger partial charge in [0, 0.05) is 37.6 Å². The zero-order valence-electron chi connectivity index (χ0n) is 13.4. The first kappa shape index (κ1) is 15.5. The largest absolute Gasteiger partial charge is 0.355 e. The van der Waals surface area contributed by atoms with Crippen LogP contribution in [0.5, 0.6) is 0 Å². The van der Waals surface area contributed by atoms with Gasteiger partial charge in [-0.25, -0.2) is 4.98 Å². The SMILES string of the molecule is Cc1cccc(C(=O)NCC2CCN(c3cnccn3)CC2)c1. The maximum absolute atomic E-state index is 12.2. The molecule has 23 heavy (non-hydrogen) atoms. The molecule has 0 spiro atoms. The van der Waals surface area contributed by atoms with Gasteiger partial charge in [-0.05, 0) is 37.8 Å². The molecule has 1 saturated heterocycles. The predicted molar refractivity (Wildman–Crippen MR) is 90.5 cm³/mol. The first-order valence-electron chi connectivity index (χ1n) is 8.08. The van der Waals surface area contributed by atoms with Gasteiger partial charge < -0.3 is 10.2 Å². The molecule has 3 rings (SSSR count). The molecule has 0 radical (unpaired) electrons. The van der Waals surface area contributed by atoms with Crippen molar-refractivity contribution >= 4 is 11.7 Å². The normalized spacial score (nSPS) is 15.4. The predicted octanol–water partition coefficient (Wildman–Crippen LogP) is 2.43. The maximum Gasteiger partial charge on any atom is 0.251 e. The average molecular weight is 310 g/mol. The Morgan fingerprint density at radius 1 is 1.30 bits per heavy atom. The third kappa shape index (κ3) is 4.06. The number of amides is 1.